The van der Waals surface area contributed by atoms with Gasteiger partial charge in [0.1, 0.15) is 0 Å². The monoisotopic (exact) mass is 253 g/mol. The number of nitrogens with zero attached hydrogens (tertiary/aromatic N) is 1. The molecule has 1 saturated carbocycles. The zero-order valence-corrected chi connectivity index (χ0v) is 11.4. The lowest BCUT2D eigenvalue weighted by Gasteiger charge is -2.32. The van der Waals surface area contributed by atoms with Gasteiger partial charge in [0.15, 0.2) is 5.78 Å². The lowest BCUT2D eigenvalue weighted by molar-refractivity contribution is 0.0751. The summed E-state index contributed by atoms with van der Waals surface area (Å²) in [5.74, 6) is 0.275. The average Bonchev–Trinajstić information content (AvgIpc) is 2.47. The molecule has 98 valence electrons. The number of fused-ring (bicyclic) bond motifs is 1. The molecule has 1 aromatic heterocycles. The number of rotatable bonds is 2. The predicted octanol–water partition coefficient (Wildman–Crippen LogP) is 4.39. The predicted molar refractivity (Wildman–Crippen MR) is 77.3 cm³/mol. The molecule has 0 spiro atoms. The maximum Gasteiger partial charge on any atom is 0.170 e. The Morgan fingerprint density at radius 1 is 1.11 bits per heavy atom. The summed E-state index contributed by atoms with van der Waals surface area (Å²) in [5, 5.41) is 1.05. The third-order valence-corrected chi connectivity index (χ3v) is 4.38. The number of para-hydroxylation sites is 1. The van der Waals surface area contributed by atoms with Crippen LogP contribution in [0.3, 0.4) is 0 Å². The van der Waals surface area contributed by atoms with Crippen LogP contribution in [0.4, 0.5) is 0 Å². The molecular weight excluding hydrogens is 234 g/mol. The standard InChI is InChI=1S/C17H19NO/c1-17(10-3-2-4-11-17)16(19)14-9-5-7-13-8-6-12-18-15(13)14/h5-9,12H,2-4,10-11H2,1H3. The molecular formula is C17H19NO. The van der Waals surface area contributed by atoms with Crippen molar-refractivity contribution in [2.24, 2.45) is 5.41 Å². The van der Waals surface area contributed by atoms with Gasteiger partial charge >= 0.3 is 0 Å². The van der Waals surface area contributed by atoms with Gasteiger partial charge in [-0.1, -0.05) is 44.4 Å². The van der Waals surface area contributed by atoms with E-state index in [4.69, 9.17) is 0 Å². The summed E-state index contributed by atoms with van der Waals surface area (Å²) in [6, 6.07) is 9.84. The number of aromatic nitrogens is 1. The highest BCUT2D eigenvalue weighted by Gasteiger charge is 2.35. The molecule has 1 aliphatic carbocycles. The van der Waals surface area contributed by atoms with Crippen molar-refractivity contribution in [3.05, 3.63) is 42.1 Å². The van der Waals surface area contributed by atoms with Gasteiger partial charge in [-0.2, -0.15) is 0 Å². The summed E-state index contributed by atoms with van der Waals surface area (Å²) in [5.41, 5.74) is 1.45. The molecule has 0 bridgehead atoms. The van der Waals surface area contributed by atoms with Gasteiger partial charge < -0.3 is 0 Å². The third-order valence-electron chi connectivity index (χ3n) is 4.38. The van der Waals surface area contributed by atoms with Gasteiger partial charge in [0.2, 0.25) is 0 Å². The van der Waals surface area contributed by atoms with E-state index in [1.54, 1.807) is 6.20 Å². The molecule has 1 aromatic carbocycles. The summed E-state index contributed by atoms with van der Waals surface area (Å²) in [4.78, 5) is 17.3. The van der Waals surface area contributed by atoms with Crippen LogP contribution in [-0.2, 0) is 0 Å². The van der Waals surface area contributed by atoms with Crippen molar-refractivity contribution in [2.45, 2.75) is 39.0 Å². The zero-order valence-electron chi connectivity index (χ0n) is 11.4. The van der Waals surface area contributed by atoms with Gasteiger partial charge in [-0.3, -0.25) is 9.78 Å². The molecule has 3 rings (SSSR count). The molecule has 2 nitrogen and oxygen atoms in total. The fourth-order valence-corrected chi connectivity index (χ4v) is 3.17. The summed E-state index contributed by atoms with van der Waals surface area (Å²) in [7, 11) is 0. The molecule has 0 N–H and O–H groups in total. The van der Waals surface area contributed by atoms with Gasteiger partial charge in [0, 0.05) is 22.6 Å². The van der Waals surface area contributed by atoms with Crippen LogP contribution < -0.4 is 0 Å². The highest BCUT2D eigenvalue weighted by molar-refractivity contribution is 6.09. The fraction of sp³-hybridized carbons (Fsp3) is 0.412. The first kappa shape index (κ1) is 12.3. The molecule has 2 heteroatoms. The van der Waals surface area contributed by atoms with Crippen LogP contribution in [0, 0.1) is 5.41 Å². The van der Waals surface area contributed by atoms with Crippen molar-refractivity contribution >= 4 is 16.7 Å². The Bertz CT molecular complexity index is 606. The molecule has 2 aromatic rings. The number of carbonyl (C=O) groups excluding carboxylic acids is 1. The first-order valence-corrected chi connectivity index (χ1v) is 7.09. The lowest BCUT2D eigenvalue weighted by atomic mass is 9.71. The van der Waals surface area contributed by atoms with E-state index in [2.05, 4.69) is 11.9 Å². The van der Waals surface area contributed by atoms with Crippen LogP contribution in [-0.4, -0.2) is 10.8 Å². The maximum absolute atomic E-state index is 12.9. The number of ketones is 1. The van der Waals surface area contributed by atoms with E-state index < -0.39 is 0 Å². The van der Waals surface area contributed by atoms with Crippen LogP contribution in [0.1, 0.15) is 49.4 Å². The Kier molecular flexibility index (Phi) is 3.09. The zero-order chi connectivity index (χ0) is 13.3. The minimum absolute atomic E-state index is 0.190. The van der Waals surface area contributed by atoms with Crippen molar-refractivity contribution in [1.82, 2.24) is 4.98 Å². The smallest absolute Gasteiger partial charge is 0.170 e. The Morgan fingerprint density at radius 3 is 2.63 bits per heavy atom. The Hall–Kier alpha value is -1.70. The summed E-state index contributed by atoms with van der Waals surface area (Å²) >= 11 is 0. The molecule has 0 unspecified atom stereocenters. The Morgan fingerprint density at radius 2 is 1.84 bits per heavy atom. The quantitative estimate of drug-likeness (QED) is 0.743. The second-order valence-corrected chi connectivity index (χ2v) is 5.83. The third kappa shape index (κ3) is 2.16. The summed E-state index contributed by atoms with van der Waals surface area (Å²) < 4.78 is 0. The Balaban J connectivity index is 2.06. The van der Waals surface area contributed by atoms with Crippen LogP contribution in [0.2, 0.25) is 0 Å². The molecule has 0 radical (unpaired) electrons. The van der Waals surface area contributed by atoms with Gasteiger partial charge in [0.25, 0.3) is 0 Å². The van der Waals surface area contributed by atoms with E-state index in [9.17, 15) is 4.79 Å². The number of carbonyl (C=O) groups is 1. The fourth-order valence-electron chi connectivity index (χ4n) is 3.17. The van der Waals surface area contributed by atoms with Crippen LogP contribution in [0.5, 0.6) is 0 Å². The molecule has 19 heavy (non-hydrogen) atoms. The van der Waals surface area contributed by atoms with Crippen LogP contribution >= 0.6 is 0 Å². The second kappa shape index (κ2) is 4.76. The molecule has 1 heterocycles. The molecule has 1 aliphatic rings. The van der Waals surface area contributed by atoms with Gasteiger partial charge in [-0.15, -0.1) is 0 Å². The topological polar surface area (TPSA) is 30.0 Å². The average molecular weight is 253 g/mol. The number of pyridine rings is 1. The van der Waals surface area contributed by atoms with Crippen LogP contribution in [0.25, 0.3) is 10.9 Å². The van der Waals surface area contributed by atoms with Crippen molar-refractivity contribution in [1.29, 1.82) is 0 Å². The number of benzene rings is 1. The number of hydrogen-bond acceptors (Lipinski definition) is 2. The van der Waals surface area contributed by atoms with E-state index >= 15 is 0 Å². The molecule has 0 saturated heterocycles. The largest absolute Gasteiger partial charge is 0.293 e. The Labute approximate surface area is 113 Å². The highest BCUT2D eigenvalue weighted by Crippen LogP contribution is 2.39. The highest BCUT2D eigenvalue weighted by atomic mass is 16.1. The van der Waals surface area contributed by atoms with E-state index in [1.165, 1.54) is 19.3 Å². The van der Waals surface area contributed by atoms with Gasteiger partial charge in [0.05, 0.1) is 5.52 Å². The minimum Gasteiger partial charge on any atom is -0.293 e. The molecule has 0 amide bonds. The van der Waals surface area contributed by atoms with Crippen LogP contribution in [0.15, 0.2) is 36.5 Å². The van der Waals surface area contributed by atoms with Crippen molar-refractivity contribution in [2.75, 3.05) is 0 Å². The number of Topliss-reactive ketones (excluding diaryl/α,β-unsaturated/α-hetero) is 1. The van der Waals surface area contributed by atoms with Crippen molar-refractivity contribution < 1.29 is 4.79 Å². The van der Waals surface area contributed by atoms with Gasteiger partial charge in [-0.25, -0.2) is 0 Å². The molecule has 1 fully saturated rings. The SMILES string of the molecule is CC1(C(=O)c2cccc3cccnc23)CCCCC1. The summed E-state index contributed by atoms with van der Waals surface area (Å²) in [6.45, 7) is 2.12. The van der Waals surface area contributed by atoms with Crippen molar-refractivity contribution in [3.63, 3.8) is 0 Å². The first-order chi connectivity index (χ1) is 9.21. The van der Waals surface area contributed by atoms with E-state index in [0.717, 1.165) is 29.3 Å². The number of hydrogen-bond donors (Lipinski definition) is 0. The molecule has 0 atom stereocenters. The van der Waals surface area contributed by atoms with Crippen molar-refractivity contribution in [3.8, 4) is 0 Å². The second-order valence-electron chi connectivity index (χ2n) is 5.83. The lowest BCUT2D eigenvalue weighted by Crippen LogP contribution is -2.30. The maximum atomic E-state index is 12.9. The summed E-state index contributed by atoms with van der Waals surface area (Å²) in [6.07, 6.45) is 7.38. The first-order valence-electron chi connectivity index (χ1n) is 7.09. The van der Waals surface area contributed by atoms with Gasteiger partial charge in [-0.05, 0) is 25.0 Å². The van der Waals surface area contributed by atoms with E-state index in [-0.39, 0.29) is 11.2 Å². The molecule has 0 aliphatic heterocycles. The normalized spacial score (nSPS) is 18.4. The van der Waals surface area contributed by atoms with E-state index in [1.807, 2.05) is 30.3 Å². The van der Waals surface area contributed by atoms with E-state index in [0.29, 0.717) is 0 Å². The minimum atomic E-state index is -0.190.